The van der Waals surface area contributed by atoms with Gasteiger partial charge in [0.2, 0.25) is 56.7 Å². The Labute approximate surface area is 786 Å². The Balaban J connectivity index is 0.000000275. The second-order valence-corrected chi connectivity index (χ2v) is 28.4. The molecular formula is C79H83Cl3K2N20O17S3. The summed E-state index contributed by atoms with van der Waals surface area (Å²) in [5.41, 5.74) is 26.7. The molecule has 642 valence electrons. The van der Waals surface area contributed by atoms with Crippen LogP contribution in [0.2, 0.25) is 15.5 Å². The monoisotopic (exact) mass is 1860 g/mol. The number of hydrogen-bond donors (Lipinski definition) is 9. The molecule has 8 heterocycles. The number of carbonyl (C=O) groups excluding carboxylic acids is 3. The molecule has 45 heteroatoms. The fourth-order valence-corrected chi connectivity index (χ4v) is 12.0. The summed E-state index contributed by atoms with van der Waals surface area (Å²) in [5.74, 6) is 6.46. The van der Waals surface area contributed by atoms with Crippen molar-refractivity contribution in [1.82, 2.24) is 39.9 Å². The molecule has 6 aromatic carbocycles. The molecule has 0 radical (unpaired) electrons. The first-order valence-electron chi connectivity index (χ1n) is 36.3. The SMILES string of the molecule is C.CC(C)C[C@@H](N)C(N)=O.CC(C)C[C@@H](Nc1nc(Nc2ccc3c(c2)OCO3)c(C#N)c(OCc2ccccc2)n1)C(N)=O.CSc1nc(Cl)c(C#N)c(Cl)n1.CSc1nc(Cl)c(C#N)c(Nc2ccc3c(c2)OCO3)n1.CSc1nc(Nc2ccc3c(c2)OCO3)c(C#N)c(OCc2ccccc2)n1.Nc1ccc2c(c1)OCO2.O.O=COOO.[K][K]. The van der Waals surface area contributed by atoms with Crippen LogP contribution >= 0.6 is 70.1 Å². The summed E-state index contributed by atoms with van der Waals surface area (Å²) in [4.78, 5) is 68.1. The molecule has 124 heavy (non-hydrogen) atoms. The number of nitrogens with two attached hydrogens (primary N) is 4. The molecular weight excluding hydrogens is 1780 g/mol. The molecule has 0 unspecified atom stereocenters. The Morgan fingerprint density at radius 2 is 0.863 bits per heavy atom. The zero-order valence-corrected chi connectivity index (χ0v) is 78.3. The van der Waals surface area contributed by atoms with Gasteiger partial charge < -0.3 is 97.0 Å². The van der Waals surface area contributed by atoms with Crippen molar-refractivity contribution in [3.63, 3.8) is 0 Å². The van der Waals surface area contributed by atoms with E-state index in [1.54, 1.807) is 66.9 Å². The first kappa shape index (κ1) is 105. The van der Waals surface area contributed by atoms with Gasteiger partial charge in [0.1, 0.15) is 54.7 Å². The van der Waals surface area contributed by atoms with Gasteiger partial charge in [-0.2, -0.15) is 36.0 Å². The number of rotatable bonds is 25. The molecule has 0 aliphatic carbocycles. The number of benzene rings is 6. The predicted octanol–water partition coefficient (Wildman–Crippen LogP) is 12.9. The Morgan fingerprint density at radius 1 is 0.508 bits per heavy atom. The van der Waals surface area contributed by atoms with Gasteiger partial charge in [-0.25, -0.2) is 30.2 Å². The average molecular weight is 1870 g/mol. The third kappa shape index (κ3) is 33.2. The Bertz CT molecular complexity index is 5350. The number of hydrogen-bond acceptors (Lipinski definition) is 37. The van der Waals surface area contributed by atoms with Crippen molar-refractivity contribution in [2.75, 3.05) is 72.9 Å². The van der Waals surface area contributed by atoms with Crippen LogP contribution < -0.4 is 91.6 Å². The van der Waals surface area contributed by atoms with Gasteiger partial charge in [0.05, 0.1) is 6.04 Å². The van der Waals surface area contributed by atoms with E-state index in [-0.39, 0.29) is 114 Å². The van der Waals surface area contributed by atoms with Crippen LogP contribution in [0.25, 0.3) is 0 Å². The number of nitrogens with zero attached hydrogens (tertiary/aromatic N) is 12. The Kier molecular flexibility index (Phi) is 46.7. The second-order valence-electron chi connectivity index (χ2n) is 25.0. The number of anilines is 8. The minimum atomic E-state index is -0.691. The normalized spacial score (nSPS) is 11.6. The van der Waals surface area contributed by atoms with Gasteiger partial charge >= 0.3 is 69.6 Å². The number of amides is 2. The van der Waals surface area contributed by atoms with Crippen molar-refractivity contribution >= 4 is 198 Å². The quantitative estimate of drug-likeness (QED) is 0.00375. The summed E-state index contributed by atoms with van der Waals surface area (Å²) in [6.07, 6.45) is 6.67. The number of primary amides is 2. The number of halogens is 3. The van der Waals surface area contributed by atoms with Crippen molar-refractivity contribution < 1.29 is 82.4 Å². The van der Waals surface area contributed by atoms with Crippen molar-refractivity contribution in [2.24, 2.45) is 29.0 Å². The number of aromatic nitrogens is 8. The van der Waals surface area contributed by atoms with Gasteiger partial charge in [0, 0.05) is 47.0 Å². The fourth-order valence-electron chi connectivity index (χ4n) is 10.1. The number of fused-ring (bicyclic) bond motifs is 4. The fraction of sp³-hybridized carbons (Fsp3) is 0.253. The molecule has 4 aliphatic heterocycles. The first-order valence-corrected chi connectivity index (χ1v) is 57.1. The maximum absolute atomic E-state index is 12.0. The summed E-state index contributed by atoms with van der Waals surface area (Å²) < 4.78 is 54.0. The average Bonchev–Trinajstić information content (AvgIpc) is 1.35. The van der Waals surface area contributed by atoms with Crippen LogP contribution in [0.3, 0.4) is 0 Å². The standard InChI is InChI=1S/C25H26N6O4.C20H16N4O3S.C13H9ClN4O2S.C7H7NO2.C6H3Cl2N3S.C6H14N2O.CH2O4.CH4.2K.H2O/c1-15(2)10-19(22(27)32)29-25-30-23(28-17-8-9-20-21(11-17)35-14-34-20)18(12-26)24(31-25)33-13-16-6-4-3-5-7-16;1-28-20-23-18(22-14-7-8-16-17(9-14)27-12-26-16)15(10-21)19(24-20)25-11-13-5-3-2-4-6-13;1-21-13-17-11(14)8(5-15)12(18-13)16-7-2-3-9-10(4-7)20-6-19-9;8-5-1-2-6-7(3-5)10-4-9-6;1-12-6-10-4(7)3(2-9)5(8)11-6;1-4(2)3-5(7)6(8)9;2-1-4-5-3;;;;/h3-9,11,15,19H,10,13-14H2,1-2H3,(H2,27,32)(H2,28,29,30,31);2-9H,11-12H2,1H3,(H,22,23,24);2-4H,6H2,1H3,(H,16,17,18);1-3H,4,8H2;1H3;4-5H,3,7H2,1-2H3,(H2,8,9);1,3H;1H4;;;1H2/t19-;;;;;5-;;;;;/m1....1...../s1. The van der Waals surface area contributed by atoms with Crippen molar-refractivity contribution in [3.8, 4) is 82.0 Å². The van der Waals surface area contributed by atoms with Gasteiger partial charge in [-0.3, -0.25) is 19.3 Å². The summed E-state index contributed by atoms with van der Waals surface area (Å²) in [7, 11) is 0. The van der Waals surface area contributed by atoms with Gasteiger partial charge in [-0.1, -0.05) is 166 Å². The van der Waals surface area contributed by atoms with Crippen LogP contribution in [-0.4, -0.2) is 190 Å². The Morgan fingerprint density at radius 3 is 1.22 bits per heavy atom. The van der Waals surface area contributed by atoms with Crippen LogP contribution in [0, 0.1) is 57.2 Å². The van der Waals surface area contributed by atoms with Crippen LogP contribution in [0.5, 0.6) is 57.8 Å². The molecule has 15 N–H and O–H groups in total. The third-order valence-electron chi connectivity index (χ3n) is 15.6. The van der Waals surface area contributed by atoms with Gasteiger partial charge in [-0.05, 0) is 108 Å². The van der Waals surface area contributed by atoms with E-state index in [1.807, 2.05) is 125 Å². The zero-order valence-electron chi connectivity index (χ0n) is 67.4. The number of ether oxygens (including phenoxy) is 10. The summed E-state index contributed by atoms with van der Waals surface area (Å²) in [5, 5.41) is 61.4. The number of nitriles is 4. The van der Waals surface area contributed by atoms with Crippen molar-refractivity contribution in [1.29, 1.82) is 21.0 Å². The second kappa shape index (κ2) is 55.4. The molecule has 4 aromatic heterocycles. The van der Waals surface area contributed by atoms with E-state index in [1.165, 1.54) is 98.4 Å². The first-order chi connectivity index (χ1) is 58.9. The molecule has 10 aromatic rings. The Hall–Kier alpha value is -9.96. The van der Waals surface area contributed by atoms with Crippen LogP contribution in [-0.2, 0) is 37.5 Å². The molecule has 4 aliphatic rings. The van der Waals surface area contributed by atoms with Crippen molar-refractivity contribution in [2.45, 2.75) is 88.7 Å². The molecule has 14 rings (SSSR count). The van der Waals surface area contributed by atoms with E-state index in [4.69, 9.17) is 120 Å². The maximum atomic E-state index is 12.0. The number of thioether (sulfide) groups is 3. The van der Waals surface area contributed by atoms with Crippen LogP contribution in [0.15, 0.2) is 149 Å². The van der Waals surface area contributed by atoms with E-state index in [9.17, 15) is 25.4 Å². The van der Waals surface area contributed by atoms with Gasteiger partial charge in [-0.15, -0.1) is 0 Å². The molecule has 0 spiro atoms. The number of nitrogens with one attached hydrogen (secondary N) is 4. The van der Waals surface area contributed by atoms with Crippen molar-refractivity contribution in [3.05, 3.63) is 182 Å². The van der Waals surface area contributed by atoms with Crippen LogP contribution in [0.4, 0.5) is 46.2 Å². The van der Waals surface area contributed by atoms with E-state index in [2.05, 4.69) is 83.2 Å². The van der Waals surface area contributed by atoms with Crippen LogP contribution in [0.1, 0.15) is 81.3 Å². The van der Waals surface area contributed by atoms with E-state index >= 15 is 0 Å². The summed E-state index contributed by atoms with van der Waals surface area (Å²) >= 11 is 23.8. The molecule has 0 fully saturated rings. The molecule has 2 atom stereocenters. The summed E-state index contributed by atoms with van der Waals surface area (Å²) in [6, 6.07) is 47.6. The molecule has 0 saturated carbocycles. The number of nitrogen functional groups attached to an aromatic ring is 1. The van der Waals surface area contributed by atoms with Gasteiger partial charge in [0.25, 0.3) is 0 Å². The molecule has 2 amide bonds. The summed E-state index contributed by atoms with van der Waals surface area (Å²) in [6.45, 7) is 9.29. The molecule has 0 saturated heterocycles. The van der Waals surface area contributed by atoms with Gasteiger partial charge in [0.15, 0.2) is 106 Å². The van der Waals surface area contributed by atoms with E-state index in [0.717, 1.165) is 34.0 Å². The van der Waals surface area contributed by atoms with E-state index < -0.39 is 23.9 Å². The van der Waals surface area contributed by atoms with E-state index in [0.29, 0.717) is 105 Å². The minimum absolute atomic E-state index is 0. The molecule has 0 bridgehead atoms. The number of carbonyl (C=O) groups is 3. The third-order valence-corrected chi connectivity index (χ3v) is 18.1. The zero-order chi connectivity index (χ0) is 88.6. The molecule has 37 nitrogen and oxygen atoms in total. The predicted molar refractivity (Wildman–Crippen MR) is 469 cm³/mol. The topological polar surface area (TPSA) is 564 Å².